The molecule has 1 N–H and O–H groups in total. The van der Waals surface area contributed by atoms with E-state index < -0.39 is 0 Å². The van der Waals surface area contributed by atoms with Gasteiger partial charge in [-0.25, -0.2) is 0 Å². The van der Waals surface area contributed by atoms with Crippen LogP contribution in [0.4, 0.5) is 0 Å². The SMILES string of the molecule is CCN(CCc1ccncc1)C1CCCNC1. The van der Waals surface area contributed by atoms with Crippen LogP contribution >= 0.6 is 0 Å². The molecule has 1 fully saturated rings. The first-order valence-corrected chi connectivity index (χ1v) is 6.74. The third kappa shape index (κ3) is 3.79. The van der Waals surface area contributed by atoms with Crippen molar-refractivity contribution in [2.45, 2.75) is 32.2 Å². The molecule has 2 heterocycles. The zero-order valence-electron chi connectivity index (χ0n) is 10.7. The lowest BCUT2D eigenvalue weighted by atomic mass is 10.0. The minimum absolute atomic E-state index is 0.732. The Hall–Kier alpha value is -0.930. The van der Waals surface area contributed by atoms with Crippen molar-refractivity contribution in [2.75, 3.05) is 26.2 Å². The summed E-state index contributed by atoms with van der Waals surface area (Å²) < 4.78 is 0. The molecule has 0 amide bonds. The fraction of sp³-hybridized carbons (Fsp3) is 0.643. The Bertz CT molecular complexity index is 307. The van der Waals surface area contributed by atoms with Gasteiger partial charge in [0.2, 0.25) is 0 Å². The van der Waals surface area contributed by atoms with Crippen molar-refractivity contribution in [2.24, 2.45) is 0 Å². The number of hydrogen-bond acceptors (Lipinski definition) is 3. The molecular weight excluding hydrogens is 210 g/mol. The topological polar surface area (TPSA) is 28.2 Å². The molecule has 0 spiro atoms. The Morgan fingerprint density at radius 2 is 2.24 bits per heavy atom. The fourth-order valence-corrected chi connectivity index (χ4v) is 2.57. The first-order valence-electron chi connectivity index (χ1n) is 6.74. The summed E-state index contributed by atoms with van der Waals surface area (Å²) in [6, 6.07) is 4.97. The van der Waals surface area contributed by atoms with Gasteiger partial charge in [-0.15, -0.1) is 0 Å². The van der Waals surface area contributed by atoms with E-state index in [4.69, 9.17) is 0 Å². The summed E-state index contributed by atoms with van der Waals surface area (Å²) in [5.74, 6) is 0. The van der Waals surface area contributed by atoms with Crippen molar-refractivity contribution >= 4 is 0 Å². The first kappa shape index (κ1) is 12.5. The number of nitrogens with one attached hydrogen (secondary N) is 1. The highest BCUT2D eigenvalue weighted by molar-refractivity contribution is 5.10. The van der Waals surface area contributed by atoms with E-state index in [0.717, 1.165) is 32.1 Å². The number of piperidine rings is 1. The highest BCUT2D eigenvalue weighted by Gasteiger charge is 2.18. The Kier molecular flexibility index (Phi) is 4.95. The van der Waals surface area contributed by atoms with Gasteiger partial charge in [-0.2, -0.15) is 0 Å². The lowest BCUT2D eigenvalue weighted by Crippen LogP contribution is -2.46. The molecule has 3 nitrogen and oxygen atoms in total. The molecule has 0 saturated carbocycles. The van der Waals surface area contributed by atoms with Crippen LogP contribution in [-0.2, 0) is 6.42 Å². The van der Waals surface area contributed by atoms with Gasteiger partial charge >= 0.3 is 0 Å². The summed E-state index contributed by atoms with van der Waals surface area (Å²) in [7, 11) is 0. The van der Waals surface area contributed by atoms with E-state index in [1.165, 1.54) is 24.9 Å². The number of nitrogens with zero attached hydrogens (tertiary/aromatic N) is 2. The van der Waals surface area contributed by atoms with E-state index >= 15 is 0 Å². The second kappa shape index (κ2) is 6.72. The average molecular weight is 233 g/mol. The van der Waals surface area contributed by atoms with Gasteiger partial charge in [-0.3, -0.25) is 9.88 Å². The lowest BCUT2D eigenvalue weighted by Gasteiger charge is -2.33. The van der Waals surface area contributed by atoms with Gasteiger partial charge < -0.3 is 5.32 Å². The predicted molar refractivity (Wildman–Crippen MR) is 71.1 cm³/mol. The maximum absolute atomic E-state index is 4.06. The fourth-order valence-electron chi connectivity index (χ4n) is 2.57. The Balaban J connectivity index is 1.82. The van der Waals surface area contributed by atoms with Crippen LogP contribution in [0.15, 0.2) is 24.5 Å². The van der Waals surface area contributed by atoms with Crippen molar-refractivity contribution in [1.82, 2.24) is 15.2 Å². The Labute approximate surface area is 104 Å². The predicted octanol–water partition coefficient (Wildman–Crippen LogP) is 1.70. The zero-order chi connectivity index (χ0) is 11.9. The minimum atomic E-state index is 0.732. The van der Waals surface area contributed by atoms with E-state index in [2.05, 4.69) is 34.3 Å². The van der Waals surface area contributed by atoms with E-state index in [9.17, 15) is 0 Å². The minimum Gasteiger partial charge on any atom is -0.315 e. The summed E-state index contributed by atoms with van der Waals surface area (Å²) >= 11 is 0. The monoisotopic (exact) mass is 233 g/mol. The standard InChI is InChI=1S/C14H23N3/c1-2-17(14-4-3-8-16-12-14)11-7-13-5-9-15-10-6-13/h5-6,9-10,14,16H,2-4,7-8,11-12H2,1H3. The molecule has 1 aliphatic rings. The quantitative estimate of drug-likeness (QED) is 0.839. The van der Waals surface area contributed by atoms with Crippen molar-refractivity contribution < 1.29 is 0 Å². The molecule has 0 bridgehead atoms. The Morgan fingerprint density at radius 3 is 2.88 bits per heavy atom. The number of likely N-dealkylation sites (N-methyl/N-ethyl adjacent to an activating group) is 1. The first-order chi connectivity index (χ1) is 8.40. The smallest absolute Gasteiger partial charge is 0.0270 e. The summed E-state index contributed by atoms with van der Waals surface area (Å²) in [5, 5.41) is 3.50. The third-order valence-electron chi connectivity index (χ3n) is 3.63. The zero-order valence-corrected chi connectivity index (χ0v) is 10.7. The van der Waals surface area contributed by atoms with Crippen LogP contribution in [-0.4, -0.2) is 42.1 Å². The van der Waals surface area contributed by atoms with Gasteiger partial charge in [0.05, 0.1) is 0 Å². The molecule has 0 aliphatic carbocycles. The molecule has 1 aromatic heterocycles. The summed E-state index contributed by atoms with van der Waals surface area (Å²) in [4.78, 5) is 6.66. The second-order valence-electron chi connectivity index (χ2n) is 4.73. The van der Waals surface area contributed by atoms with Gasteiger partial charge in [0.25, 0.3) is 0 Å². The van der Waals surface area contributed by atoms with Crippen LogP contribution in [0.3, 0.4) is 0 Å². The van der Waals surface area contributed by atoms with Crippen molar-refractivity contribution in [3.05, 3.63) is 30.1 Å². The molecule has 1 aromatic rings. The maximum Gasteiger partial charge on any atom is 0.0270 e. The lowest BCUT2D eigenvalue weighted by molar-refractivity contribution is 0.176. The largest absolute Gasteiger partial charge is 0.315 e. The van der Waals surface area contributed by atoms with Crippen molar-refractivity contribution in [3.63, 3.8) is 0 Å². The van der Waals surface area contributed by atoms with Crippen LogP contribution in [0.5, 0.6) is 0 Å². The van der Waals surface area contributed by atoms with Gasteiger partial charge in [0.15, 0.2) is 0 Å². The van der Waals surface area contributed by atoms with E-state index in [1.54, 1.807) is 0 Å². The molecule has 17 heavy (non-hydrogen) atoms. The summed E-state index contributed by atoms with van der Waals surface area (Å²) in [6.45, 7) is 6.92. The molecule has 0 aromatic carbocycles. The highest BCUT2D eigenvalue weighted by Crippen LogP contribution is 2.11. The van der Waals surface area contributed by atoms with Gasteiger partial charge in [0, 0.05) is 31.5 Å². The van der Waals surface area contributed by atoms with Crippen LogP contribution in [0.2, 0.25) is 0 Å². The second-order valence-corrected chi connectivity index (χ2v) is 4.73. The van der Waals surface area contributed by atoms with E-state index in [0.29, 0.717) is 0 Å². The normalized spacial score (nSPS) is 20.7. The molecular formula is C14H23N3. The van der Waals surface area contributed by atoms with Crippen LogP contribution in [0.1, 0.15) is 25.3 Å². The third-order valence-corrected chi connectivity index (χ3v) is 3.63. The highest BCUT2D eigenvalue weighted by atomic mass is 15.2. The van der Waals surface area contributed by atoms with Crippen molar-refractivity contribution in [1.29, 1.82) is 0 Å². The number of pyridine rings is 1. The van der Waals surface area contributed by atoms with E-state index in [1.807, 2.05) is 12.4 Å². The molecule has 1 atom stereocenters. The molecule has 0 radical (unpaired) electrons. The maximum atomic E-state index is 4.06. The average Bonchev–Trinajstić information content (AvgIpc) is 2.42. The summed E-state index contributed by atoms with van der Waals surface area (Å²) in [5.41, 5.74) is 1.39. The van der Waals surface area contributed by atoms with Crippen LogP contribution in [0, 0.1) is 0 Å². The molecule has 1 unspecified atom stereocenters. The van der Waals surface area contributed by atoms with Crippen LogP contribution in [0.25, 0.3) is 0 Å². The molecule has 94 valence electrons. The molecule has 1 aliphatic heterocycles. The van der Waals surface area contributed by atoms with E-state index in [-0.39, 0.29) is 0 Å². The number of aromatic nitrogens is 1. The summed E-state index contributed by atoms with van der Waals surface area (Å²) in [6.07, 6.45) is 7.56. The van der Waals surface area contributed by atoms with Gasteiger partial charge in [-0.1, -0.05) is 6.92 Å². The number of hydrogen-bond donors (Lipinski definition) is 1. The molecule has 1 saturated heterocycles. The molecule has 2 rings (SSSR count). The van der Waals surface area contributed by atoms with Crippen molar-refractivity contribution in [3.8, 4) is 0 Å². The van der Waals surface area contributed by atoms with Crippen LogP contribution < -0.4 is 5.32 Å². The Morgan fingerprint density at radius 1 is 1.41 bits per heavy atom. The number of rotatable bonds is 5. The molecule has 3 heteroatoms. The van der Waals surface area contributed by atoms with Gasteiger partial charge in [0.1, 0.15) is 0 Å². The van der Waals surface area contributed by atoms with Gasteiger partial charge in [-0.05, 0) is 50.0 Å².